The van der Waals surface area contributed by atoms with E-state index in [0.29, 0.717) is 22.5 Å². The Labute approximate surface area is 118 Å². The van der Waals surface area contributed by atoms with Crippen molar-refractivity contribution in [1.29, 1.82) is 0 Å². The van der Waals surface area contributed by atoms with Crippen LogP contribution in [0.3, 0.4) is 0 Å². The molecule has 1 aromatic heterocycles. The minimum Gasteiger partial charge on any atom is -0.323 e. The second-order valence-electron chi connectivity index (χ2n) is 4.72. The Kier molecular flexibility index (Phi) is 3.66. The molecule has 1 saturated carbocycles. The topological polar surface area (TPSA) is 69.6 Å². The Morgan fingerprint density at radius 2 is 2.20 bits per heavy atom. The van der Waals surface area contributed by atoms with Crippen LogP contribution in [-0.4, -0.2) is 26.0 Å². The molecule has 8 heteroatoms. The minimum atomic E-state index is -0.625. The maximum Gasteiger partial charge on any atom is 0.209 e. The fourth-order valence-corrected chi connectivity index (χ4v) is 2.81. The van der Waals surface area contributed by atoms with E-state index in [0.717, 1.165) is 18.9 Å². The zero-order valence-corrected chi connectivity index (χ0v) is 11.4. The number of hydrogen-bond donors (Lipinski definition) is 1. The largest absolute Gasteiger partial charge is 0.323 e. The van der Waals surface area contributed by atoms with Crippen molar-refractivity contribution in [2.24, 2.45) is 5.73 Å². The van der Waals surface area contributed by atoms with Crippen molar-refractivity contribution in [3.05, 3.63) is 35.4 Å². The van der Waals surface area contributed by atoms with Crippen LogP contribution in [0, 0.1) is 11.6 Å². The van der Waals surface area contributed by atoms with Crippen LogP contribution in [0.1, 0.15) is 30.5 Å². The van der Waals surface area contributed by atoms with Crippen molar-refractivity contribution < 1.29 is 8.78 Å². The molecule has 0 aliphatic heterocycles. The van der Waals surface area contributed by atoms with Crippen LogP contribution < -0.4 is 5.73 Å². The molecule has 0 saturated heterocycles. The Hall–Kier alpha value is -1.54. The summed E-state index contributed by atoms with van der Waals surface area (Å²) in [7, 11) is 0. The first kappa shape index (κ1) is 13.4. The molecule has 0 spiro atoms. The van der Waals surface area contributed by atoms with E-state index in [-0.39, 0.29) is 0 Å². The first-order valence-corrected chi connectivity index (χ1v) is 7.25. The molecule has 1 heterocycles. The Balaban J connectivity index is 1.66. The minimum absolute atomic E-state index is 0.296. The van der Waals surface area contributed by atoms with Crippen LogP contribution in [0.25, 0.3) is 0 Å². The van der Waals surface area contributed by atoms with Crippen molar-refractivity contribution in [2.75, 3.05) is 5.75 Å². The summed E-state index contributed by atoms with van der Waals surface area (Å²) in [6.07, 6.45) is 2.16. The van der Waals surface area contributed by atoms with Crippen molar-refractivity contribution in [3.8, 4) is 0 Å². The van der Waals surface area contributed by atoms with Gasteiger partial charge in [-0.2, -0.15) is 0 Å². The fourth-order valence-electron chi connectivity index (χ4n) is 1.89. The highest BCUT2D eigenvalue weighted by Gasteiger charge is 2.28. The first-order valence-electron chi connectivity index (χ1n) is 6.26. The molecule has 1 atom stereocenters. The Bertz CT molecular complexity index is 614. The highest BCUT2D eigenvalue weighted by molar-refractivity contribution is 7.99. The molecule has 0 bridgehead atoms. The van der Waals surface area contributed by atoms with Crippen LogP contribution in [0.5, 0.6) is 0 Å². The number of benzene rings is 1. The van der Waals surface area contributed by atoms with E-state index in [9.17, 15) is 8.78 Å². The third-order valence-corrected chi connectivity index (χ3v) is 4.16. The summed E-state index contributed by atoms with van der Waals surface area (Å²) in [5, 5.41) is 12.2. The molecule has 1 aromatic carbocycles. The van der Waals surface area contributed by atoms with Crippen LogP contribution in [0.2, 0.25) is 0 Å². The number of hydrogen-bond acceptors (Lipinski definition) is 5. The lowest BCUT2D eigenvalue weighted by molar-refractivity contribution is 0.560. The van der Waals surface area contributed by atoms with Crippen molar-refractivity contribution >= 4 is 11.8 Å². The number of tetrazole rings is 1. The van der Waals surface area contributed by atoms with Gasteiger partial charge >= 0.3 is 0 Å². The number of halogens is 2. The van der Waals surface area contributed by atoms with E-state index >= 15 is 0 Å². The molecule has 2 N–H and O–H groups in total. The van der Waals surface area contributed by atoms with Gasteiger partial charge in [0, 0.05) is 23.4 Å². The van der Waals surface area contributed by atoms with Gasteiger partial charge in [-0.05, 0) is 29.3 Å². The van der Waals surface area contributed by atoms with Gasteiger partial charge in [0.25, 0.3) is 0 Å². The molecule has 1 unspecified atom stereocenters. The van der Waals surface area contributed by atoms with Gasteiger partial charge in [-0.1, -0.05) is 17.8 Å². The van der Waals surface area contributed by atoms with Gasteiger partial charge < -0.3 is 5.73 Å². The summed E-state index contributed by atoms with van der Waals surface area (Å²) in [6, 6.07) is 3.27. The molecule has 106 valence electrons. The summed E-state index contributed by atoms with van der Waals surface area (Å²) in [6.45, 7) is 0. The predicted octanol–water partition coefficient (Wildman–Crippen LogP) is 2.08. The normalized spacial score (nSPS) is 16.4. The molecule has 1 aliphatic rings. The summed E-state index contributed by atoms with van der Waals surface area (Å²) in [4.78, 5) is 0. The number of rotatable bonds is 5. The highest BCUT2D eigenvalue weighted by atomic mass is 32.2. The second-order valence-corrected chi connectivity index (χ2v) is 5.71. The number of aromatic nitrogens is 4. The van der Waals surface area contributed by atoms with Gasteiger partial charge in [0.15, 0.2) is 0 Å². The number of thioether (sulfide) groups is 1. The average molecular weight is 297 g/mol. The highest BCUT2D eigenvalue weighted by Crippen LogP contribution is 2.36. The average Bonchev–Trinajstić information content (AvgIpc) is 3.15. The van der Waals surface area contributed by atoms with Gasteiger partial charge in [-0.3, -0.25) is 0 Å². The van der Waals surface area contributed by atoms with E-state index in [1.54, 1.807) is 4.68 Å². The maximum atomic E-state index is 13.6. The molecular formula is C12H13F2N5S. The van der Waals surface area contributed by atoms with E-state index in [1.807, 2.05) is 0 Å². The Morgan fingerprint density at radius 3 is 2.90 bits per heavy atom. The summed E-state index contributed by atoms with van der Waals surface area (Å²) in [5.74, 6) is -0.806. The molecule has 5 nitrogen and oxygen atoms in total. The molecule has 1 fully saturated rings. The molecular weight excluding hydrogens is 284 g/mol. The van der Waals surface area contributed by atoms with E-state index in [1.165, 1.54) is 23.9 Å². The quantitative estimate of drug-likeness (QED) is 0.856. The molecule has 1 aliphatic carbocycles. The Morgan fingerprint density at radius 1 is 1.40 bits per heavy atom. The number of nitrogens with two attached hydrogens (primary N) is 1. The lowest BCUT2D eigenvalue weighted by atomic mass is 10.1. The van der Waals surface area contributed by atoms with Crippen molar-refractivity contribution in [2.45, 2.75) is 30.1 Å². The molecule has 0 radical (unpaired) electrons. The lowest BCUT2D eigenvalue weighted by Gasteiger charge is -2.12. The van der Waals surface area contributed by atoms with Gasteiger partial charge in [0.05, 0.1) is 6.04 Å². The summed E-state index contributed by atoms with van der Waals surface area (Å²) in [5.41, 5.74) is 6.24. The first-order chi connectivity index (χ1) is 9.65. The summed E-state index contributed by atoms with van der Waals surface area (Å²) >= 11 is 1.38. The molecule has 0 amide bonds. The third-order valence-electron chi connectivity index (χ3n) is 3.11. The van der Waals surface area contributed by atoms with Crippen LogP contribution in [0.4, 0.5) is 8.78 Å². The smallest absolute Gasteiger partial charge is 0.209 e. The van der Waals surface area contributed by atoms with E-state index in [2.05, 4.69) is 15.5 Å². The third kappa shape index (κ3) is 2.80. The predicted molar refractivity (Wildman–Crippen MR) is 70.1 cm³/mol. The second kappa shape index (κ2) is 5.45. The zero-order chi connectivity index (χ0) is 14.1. The van der Waals surface area contributed by atoms with Crippen molar-refractivity contribution in [3.63, 3.8) is 0 Å². The lowest BCUT2D eigenvalue weighted by Crippen LogP contribution is -2.15. The molecule has 3 rings (SSSR count). The van der Waals surface area contributed by atoms with E-state index in [4.69, 9.17) is 5.73 Å². The molecule has 2 aromatic rings. The van der Waals surface area contributed by atoms with E-state index < -0.39 is 17.7 Å². The van der Waals surface area contributed by atoms with Gasteiger partial charge in [0.2, 0.25) is 5.16 Å². The van der Waals surface area contributed by atoms with Gasteiger partial charge in [0.1, 0.15) is 11.6 Å². The zero-order valence-electron chi connectivity index (χ0n) is 10.5. The summed E-state index contributed by atoms with van der Waals surface area (Å²) < 4.78 is 28.2. The van der Waals surface area contributed by atoms with Gasteiger partial charge in [-0.25, -0.2) is 13.5 Å². The van der Waals surface area contributed by atoms with Gasteiger partial charge in [-0.15, -0.1) is 5.10 Å². The maximum absolute atomic E-state index is 13.6. The standard InChI is InChI=1S/C12H13F2N5S/c13-7-1-4-9(10(14)5-7)11(15)6-20-12-16-17-18-19(12)8-2-3-8/h1,4-5,8,11H,2-3,6,15H2. The fraction of sp³-hybridized carbons (Fsp3) is 0.417. The monoisotopic (exact) mass is 297 g/mol. The SMILES string of the molecule is NC(CSc1nnnn1C1CC1)c1ccc(F)cc1F. The van der Waals surface area contributed by atoms with Crippen LogP contribution >= 0.6 is 11.8 Å². The van der Waals surface area contributed by atoms with Crippen LogP contribution in [-0.2, 0) is 0 Å². The van der Waals surface area contributed by atoms with Crippen molar-refractivity contribution in [1.82, 2.24) is 20.2 Å². The van der Waals surface area contributed by atoms with Crippen LogP contribution in [0.15, 0.2) is 23.4 Å². The molecule has 20 heavy (non-hydrogen) atoms. The number of nitrogens with zero attached hydrogens (tertiary/aromatic N) is 4.